The summed E-state index contributed by atoms with van der Waals surface area (Å²) in [6.45, 7) is 0. The van der Waals surface area contributed by atoms with E-state index in [2.05, 4.69) is 4.99 Å². The van der Waals surface area contributed by atoms with Gasteiger partial charge >= 0.3 is 0 Å². The molecular formula is C22H24N2O5S2. The number of carbonyl (C=O) groups is 1. The van der Waals surface area contributed by atoms with Gasteiger partial charge in [-0.15, -0.1) is 0 Å². The van der Waals surface area contributed by atoms with Gasteiger partial charge in [0.2, 0.25) is 5.91 Å². The number of sulfone groups is 1. The number of anilines is 1. The smallest absolute Gasteiger partial charge is 0.248 e. The molecule has 164 valence electrons. The number of hydrogen-bond acceptors (Lipinski definition) is 6. The molecule has 2 fully saturated rings. The molecule has 0 aliphatic carbocycles. The quantitative estimate of drug-likeness (QED) is 0.655. The van der Waals surface area contributed by atoms with Crippen molar-refractivity contribution in [3.05, 3.63) is 54.1 Å². The summed E-state index contributed by atoms with van der Waals surface area (Å²) in [6, 6.07) is 14.8. The number of fused-ring (bicyclic) bond motifs is 1. The standard InChI is InChI=1S/C22H24N2O5S2/c1-28-16-9-10-19(29-2)17(12-16)24-18-13-31(26,27)14-20(18)30-22(24)23-21(25)11-8-15-6-4-3-5-7-15/h3-7,9-10,12,18,20H,8,11,13-14H2,1-2H3. The number of aryl methyl sites for hydroxylation is 1. The molecule has 2 atom stereocenters. The number of aliphatic imine (C=N–C) groups is 1. The molecule has 31 heavy (non-hydrogen) atoms. The first-order chi connectivity index (χ1) is 14.9. The van der Waals surface area contributed by atoms with E-state index in [1.54, 1.807) is 32.4 Å². The van der Waals surface area contributed by atoms with Gasteiger partial charge in [-0.3, -0.25) is 4.79 Å². The Labute approximate surface area is 186 Å². The van der Waals surface area contributed by atoms with E-state index in [4.69, 9.17) is 9.47 Å². The van der Waals surface area contributed by atoms with Crippen LogP contribution in [0.1, 0.15) is 12.0 Å². The van der Waals surface area contributed by atoms with Gasteiger partial charge in [0.1, 0.15) is 11.5 Å². The van der Waals surface area contributed by atoms with E-state index < -0.39 is 9.84 Å². The second-order valence-electron chi connectivity index (χ2n) is 7.48. The molecule has 0 aromatic heterocycles. The van der Waals surface area contributed by atoms with Gasteiger partial charge in [0, 0.05) is 17.7 Å². The van der Waals surface area contributed by atoms with Crippen molar-refractivity contribution >= 4 is 38.4 Å². The van der Waals surface area contributed by atoms with Crippen molar-refractivity contribution in [3.8, 4) is 11.5 Å². The lowest BCUT2D eigenvalue weighted by Gasteiger charge is -2.26. The van der Waals surface area contributed by atoms with Gasteiger partial charge in [0.25, 0.3) is 0 Å². The molecule has 2 saturated heterocycles. The maximum absolute atomic E-state index is 12.7. The van der Waals surface area contributed by atoms with E-state index >= 15 is 0 Å². The fourth-order valence-electron chi connectivity index (χ4n) is 3.89. The third-order valence-electron chi connectivity index (χ3n) is 5.40. The summed E-state index contributed by atoms with van der Waals surface area (Å²) in [4.78, 5) is 18.9. The summed E-state index contributed by atoms with van der Waals surface area (Å²) in [6.07, 6.45) is 0.885. The normalized spacial score (nSPS) is 23.0. The Morgan fingerprint density at radius 2 is 1.90 bits per heavy atom. The van der Waals surface area contributed by atoms with Crippen LogP contribution in [-0.4, -0.2) is 56.5 Å². The number of rotatable bonds is 6. The zero-order chi connectivity index (χ0) is 22.0. The lowest BCUT2D eigenvalue weighted by atomic mass is 10.1. The molecule has 2 unspecified atom stereocenters. The number of thioether (sulfide) groups is 1. The van der Waals surface area contributed by atoms with Gasteiger partial charge in [-0.2, -0.15) is 4.99 Å². The number of benzene rings is 2. The molecule has 2 aliphatic heterocycles. The molecular weight excluding hydrogens is 436 g/mol. The molecule has 1 amide bonds. The van der Waals surface area contributed by atoms with Crippen LogP contribution in [0.15, 0.2) is 53.5 Å². The van der Waals surface area contributed by atoms with E-state index in [1.807, 2.05) is 35.2 Å². The SMILES string of the molecule is COc1ccc(OC)c(N2C(=NC(=O)CCc3ccccc3)SC3CS(=O)(=O)CC32)c1. The van der Waals surface area contributed by atoms with Crippen molar-refractivity contribution in [3.63, 3.8) is 0 Å². The van der Waals surface area contributed by atoms with Crippen molar-refractivity contribution in [2.24, 2.45) is 4.99 Å². The van der Waals surface area contributed by atoms with Crippen molar-refractivity contribution in [1.82, 2.24) is 0 Å². The van der Waals surface area contributed by atoms with E-state index in [-0.39, 0.29) is 35.1 Å². The molecule has 9 heteroatoms. The first-order valence-electron chi connectivity index (χ1n) is 9.94. The van der Waals surface area contributed by atoms with Crippen molar-refractivity contribution in [2.45, 2.75) is 24.1 Å². The third kappa shape index (κ3) is 4.72. The zero-order valence-corrected chi connectivity index (χ0v) is 19.0. The van der Waals surface area contributed by atoms with Crippen LogP contribution in [0.25, 0.3) is 0 Å². The van der Waals surface area contributed by atoms with Crippen LogP contribution in [0.4, 0.5) is 5.69 Å². The van der Waals surface area contributed by atoms with Crippen LogP contribution >= 0.6 is 11.8 Å². The minimum absolute atomic E-state index is 0.0161. The number of ether oxygens (including phenoxy) is 2. The Balaban J connectivity index is 1.65. The number of hydrogen-bond donors (Lipinski definition) is 0. The lowest BCUT2D eigenvalue weighted by molar-refractivity contribution is -0.117. The van der Waals surface area contributed by atoms with Crippen LogP contribution in [0.2, 0.25) is 0 Å². The summed E-state index contributed by atoms with van der Waals surface area (Å²) < 4.78 is 35.4. The maximum atomic E-state index is 12.7. The average Bonchev–Trinajstić information content (AvgIpc) is 3.23. The molecule has 2 aromatic carbocycles. The monoisotopic (exact) mass is 460 g/mol. The minimum Gasteiger partial charge on any atom is -0.497 e. The van der Waals surface area contributed by atoms with E-state index in [0.717, 1.165) is 5.56 Å². The van der Waals surface area contributed by atoms with Crippen molar-refractivity contribution in [1.29, 1.82) is 0 Å². The van der Waals surface area contributed by atoms with Crippen LogP contribution in [-0.2, 0) is 21.1 Å². The first kappa shape index (κ1) is 21.7. The Kier molecular flexibility index (Phi) is 6.24. The zero-order valence-electron chi connectivity index (χ0n) is 17.4. The van der Waals surface area contributed by atoms with Crippen molar-refractivity contribution in [2.75, 3.05) is 30.6 Å². The van der Waals surface area contributed by atoms with Gasteiger partial charge in [-0.05, 0) is 24.1 Å². The Bertz CT molecular complexity index is 1100. The Morgan fingerprint density at radius 1 is 1.13 bits per heavy atom. The van der Waals surface area contributed by atoms with Gasteiger partial charge in [-0.1, -0.05) is 42.1 Å². The largest absolute Gasteiger partial charge is 0.497 e. The van der Waals surface area contributed by atoms with Gasteiger partial charge in [0.05, 0.1) is 37.5 Å². The van der Waals surface area contributed by atoms with Crippen LogP contribution in [0, 0.1) is 0 Å². The van der Waals surface area contributed by atoms with E-state index in [0.29, 0.717) is 28.8 Å². The highest BCUT2D eigenvalue weighted by Crippen LogP contribution is 2.45. The molecule has 2 aromatic rings. The second kappa shape index (κ2) is 8.92. The molecule has 0 radical (unpaired) electrons. The minimum atomic E-state index is -3.15. The molecule has 2 aliphatic rings. The van der Waals surface area contributed by atoms with E-state index in [1.165, 1.54) is 11.8 Å². The molecule has 4 rings (SSSR count). The van der Waals surface area contributed by atoms with E-state index in [9.17, 15) is 13.2 Å². The lowest BCUT2D eigenvalue weighted by Crippen LogP contribution is -2.38. The van der Waals surface area contributed by atoms with Crippen LogP contribution in [0.3, 0.4) is 0 Å². The summed E-state index contributed by atoms with van der Waals surface area (Å²) >= 11 is 1.35. The fraction of sp³-hybridized carbons (Fsp3) is 0.364. The summed E-state index contributed by atoms with van der Waals surface area (Å²) in [5.74, 6) is 1.03. The molecule has 0 N–H and O–H groups in total. The van der Waals surface area contributed by atoms with Crippen LogP contribution < -0.4 is 14.4 Å². The summed E-state index contributed by atoms with van der Waals surface area (Å²) in [5.41, 5.74) is 1.72. The Morgan fingerprint density at radius 3 is 2.61 bits per heavy atom. The number of methoxy groups -OCH3 is 2. The number of carbonyl (C=O) groups excluding carboxylic acids is 1. The number of amidine groups is 1. The molecule has 0 spiro atoms. The summed E-state index contributed by atoms with van der Waals surface area (Å²) in [7, 11) is -0.0348. The van der Waals surface area contributed by atoms with Gasteiger partial charge in [0.15, 0.2) is 15.0 Å². The highest BCUT2D eigenvalue weighted by molar-refractivity contribution is 8.16. The summed E-state index contributed by atoms with van der Waals surface area (Å²) in [5, 5.41) is 0.330. The third-order valence-corrected chi connectivity index (χ3v) is 8.61. The topological polar surface area (TPSA) is 85.3 Å². The highest BCUT2D eigenvalue weighted by atomic mass is 32.2. The number of nitrogens with zero attached hydrogens (tertiary/aromatic N) is 2. The first-order valence-corrected chi connectivity index (χ1v) is 12.6. The van der Waals surface area contributed by atoms with Gasteiger partial charge in [-0.25, -0.2) is 8.42 Å². The van der Waals surface area contributed by atoms with Gasteiger partial charge < -0.3 is 14.4 Å². The Hall–Kier alpha value is -2.52. The van der Waals surface area contributed by atoms with Crippen molar-refractivity contribution < 1.29 is 22.7 Å². The molecule has 2 heterocycles. The maximum Gasteiger partial charge on any atom is 0.248 e. The molecule has 0 saturated carbocycles. The number of amides is 1. The average molecular weight is 461 g/mol. The predicted octanol–water partition coefficient (Wildman–Crippen LogP) is 2.94. The predicted molar refractivity (Wildman–Crippen MR) is 123 cm³/mol. The second-order valence-corrected chi connectivity index (χ2v) is 10.8. The van der Waals surface area contributed by atoms with Crippen LogP contribution in [0.5, 0.6) is 11.5 Å². The molecule has 0 bridgehead atoms. The fourth-order valence-corrected chi connectivity index (χ4v) is 7.81. The molecule has 7 nitrogen and oxygen atoms in total. The highest BCUT2D eigenvalue weighted by Gasteiger charge is 2.50.